The van der Waals surface area contributed by atoms with Crippen molar-refractivity contribution in [3.8, 4) is 0 Å². The Kier molecular flexibility index (Phi) is 12.3. The zero-order valence-corrected chi connectivity index (χ0v) is 25.9. The average molecular weight is 618 g/mol. The second-order valence-corrected chi connectivity index (χ2v) is 11.4. The zero-order valence-electron chi connectivity index (χ0n) is 24.3. The molecular weight excluding hydrogens is 579 g/mol. The van der Waals surface area contributed by atoms with Gasteiger partial charge in [-0.25, -0.2) is 4.79 Å². The van der Waals surface area contributed by atoms with Crippen LogP contribution in [0, 0.1) is 0 Å². The highest BCUT2D eigenvalue weighted by Gasteiger charge is 2.26. The van der Waals surface area contributed by atoms with Crippen LogP contribution in [-0.2, 0) is 29.0 Å². The largest absolute Gasteiger partial charge is 0.467 e. The van der Waals surface area contributed by atoms with E-state index in [1.807, 2.05) is 60.7 Å². The summed E-state index contributed by atoms with van der Waals surface area (Å²) < 4.78 is 4.91. The number of methoxy groups -OCH3 is 1. The number of hydrogen-bond donors (Lipinski definition) is 5. The predicted octanol–water partition coefficient (Wildman–Crippen LogP) is 4.14. The number of hydrogen-bond acceptors (Lipinski definition) is 5. The van der Waals surface area contributed by atoms with Gasteiger partial charge < -0.3 is 31.3 Å². The summed E-state index contributed by atoms with van der Waals surface area (Å²) in [5.74, 6) is -0.824. The van der Waals surface area contributed by atoms with Crippen LogP contribution in [0.4, 0.5) is 0 Å². The number of amides is 1. The predicted molar refractivity (Wildman–Crippen MR) is 177 cm³/mol. The van der Waals surface area contributed by atoms with Crippen LogP contribution < -0.4 is 26.6 Å². The summed E-state index contributed by atoms with van der Waals surface area (Å²) in [6.07, 6.45) is 4.64. The minimum Gasteiger partial charge on any atom is -0.467 e. The molecule has 43 heavy (non-hydrogen) atoms. The van der Waals surface area contributed by atoms with Crippen molar-refractivity contribution in [2.45, 2.75) is 63.3 Å². The van der Waals surface area contributed by atoms with Crippen LogP contribution >= 0.6 is 24.4 Å². The molecule has 8 nitrogen and oxygen atoms in total. The molecule has 3 atom stereocenters. The number of benzene rings is 3. The highest BCUT2D eigenvalue weighted by atomic mass is 32.1. The van der Waals surface area contributed by atoms with E-state index in [0.717, 1.165) is 36.8 Å². The van der Waals surface area contributed by atoms with E-state index in [1.54, 1.807) is 12.1 Å². The Labute approximate surface area is 264 Å². The van der Waals surface area contributed by atoms with Crippen molar-refractivity contribution >= 4 is 46.5 Å². The number of thiocarbonyl (C=S) groups is 2. The van der Waals surface area contributed by atoms with Crippen LogP contribution in [0.3, 0.4) is 0 Å². The van der Waals surface area contributed by atoms with Gasteiger partial charge in [0.2, 0.25) is 0 Å². The van der Waals surface area contributed by atoms with Gasteiger partial charge in [0, 0.05) is 37.2 Å². The van der Waals surface area contributed by atoms with Crippen LogP contribution in [0.2, 0.25) is 0 Å². The lowest BCUT2D eigenvalue weighted by Gasteiger charge is -2.34. The second-order valence-electron chi connectivity index (χ2n) is 10.6. The molecule has 0 bridgehead atoms. The standard InChI is InChI=1S/C33H39N5O3S2/c1-41-31(40)29(20-23-10-4-2-5-11-23)36-30(39)26-18-16-25(17-19-26)22-35-33(43)38-28-15-9-8-14-27(28)37-32(42)34-21-24-12-6-3-7-13-24/h2-7,10-13,16-19,27-29H,8-9,14-15,20-22H2,1H3,(H,36,39)(H2,34,37,42)(H2,35,38,43)/t27-,28+,29+/m1/s1. The molecule has 0 aromatic heterocycles. The summed E-state index contributed by atoms with van der Waals surface area (Å²) >= 11 is 11.2. The highest BCUT2D eigenvalue weighted by Crippen LogP contribution is 2.19. The first-order valence-electron chi connectivity index (χ1n) is 14.6. The van der Waals surface area contributed by atoms with Crippen LogP contribution in [0.5, 0.6) is 0 Å². The fraction of sp³-hybridized carbons (Fsp3) is 0.333. The van der Waals surface area contributed by atoms with Crippen molar-refractivity contribution in [2.24, 2.45) is 0 Å². The molecular formula is C33H39N5O3S2. The van der Waals surface area contributed by atoms with Crippen LogP contribution in [0.15, 0.2) is 84.9 Å². The van der Waals surface area contributed by atoms with E-state index in [9.17, 15) is 9.59 Å². The fourth-order valence-electron chi connectivity index (χ4n) is 5.08. The first-order chi connectivity index (χ1) is 20.9. The molecule has 0 unspecified atom stereocenters. The zero-order chi connectivity index (χ0) is 30.4. The van der Waals surface area contributed by atoms with E-state index in [4.69, 9.17) is 29.2 Å². The van der Waals surface area contributed by atoms with Crippen molar-refractivity contribution in [1.82, 2.24) is 26.6 Å². The second kappa shape index (κ2) is 16.6. The molecule has 3 aromatic rings. The van der Waals surface area contributed by atoms with Gasteiger partial charge in [-0.15, -0.1) is 0 Å². The van der Waals surface area contributed by atoms with Gasteiger partial charge in [0.1, 0.15) is 6.04 Å². The quantitative estimate of drug-likeness (QED) is 0.161. The number of ether oxygens (including phenoxy) is 1. The molecule has 0 spiro atoms. The monoisotopic (exact) mass is 617 g/mol. The SMILES string of the molecule is COC(=O)[C@H](Cc1ccccc1)NC(=O)c1ccc(CNC(=S)N[C@H]2CCCC[C@H]2NC(=S)NCc2ccccc2)cc1. The maximum Gasteiger partial charge on any atom is 0.328 e. The van der Waals surface area contributed by atoms with Gasteiger partial charge in [-0.3, -0.25) is 4.79 Å². The smallest absolute Gasteiger partial charge is 0.328 e. The van der Waals surface area contributed by atoms with Crippen molar-refractivity contribution in [3.05, 3.63) is 107 Å². The molecule has 1 aliphatic carbocycles. The van der Waals surface area contributed by atoms with Crippen molar-refractivity contribution in [1.29, 1.82) is 0 Å². The summed E-state index contributed by atoms with van der Waals surface area (Å²) in [7, 11) is 1.32. The molecule has 0 heterocycles. The maximum atomic E-state index is 12.9. The number of esters is 1. The van der Waals surface area contributed by atoms with Crippen LogP contribution in [0.25, 0.3) is 0 Å². The lowest BCUT2D eigenvalue weighted by molar-refractivity contribution is -0.142. The highest BCUT2D eigenvalue weighted by molar-refractivity contribution is 7.80. The van der Waals surface area contributed by atoms with Crippen molar-refractivity contribution < 1.29 is 14.3 Å². The Hall–Kier alpha value is -4.02. The van der Waals surface area contributed by atoms with Gasteiger partial charge in [-0.2, -0.15) is 0 Å². The molecule has 0 aliphatic heterocycles. The maximum absolute atomic E-state index is 12.9. The molecule has 0 radical (unpaired) electrons. The number of rotatable bonds is 11. The molecule has 1 amide bonds. The lowest BCUT2D eigenvalue weighted by Crippen LogP contribution is -2.56. The average Bonchev–Trinajstić information content (AvgIpc) is 3.04. The molecule has 1 fully saturated rings. The summed E-state index contributed by atoms with van der Waals surface area (Å²) in [5, 5.41) is 17.5. The molecule has 1 saturated carbocycles. The topological polar surface area (TPSA) is 104 Å². The fourth-order valence-corrected chi connectivity index (χ4v) is 5.52. The van der Waals surface area contributed by atoms with E-state index in [2.05, 4.69) is 38.7 Å². The number of carbonyl (C=O) groups is 2. The van der Waals surface area contributed by atoms with Gasteiger partial charge in [-0.1, -0.05) is 85.6 Å². The molecule has 0 saturated heterocycles. The van der Waals surface area contributed by atoms with Gasteiger partial charge in [0.15, 0.2) is 10.2 Å². The molecule has 4 rings (SSSR count). The third-order valence-corrected chi connectivity index (χ3v) is 7.96. The minimum absolute atomic E-state index is 0.162. The summed E-state index contributed by atoms with van der Waals surface area (Å²) in [4.78, 5) is 25.2. The number of carbonyl (C=O) groups excluding carboxylic acids is 2. The first-order valence-corrected chi connectivity index (χ1v) is 15.4. The van der Waals surface area contributed by atoms with E-state index in [0.29, 0.717) is 35.3 Å². The summed E-state index contributed by atoms with van der Waals surface area (Å²) in [5.41, 5.74) is 3.54. The van der Waals surface area contributed by atoms with E-state index < -0.39 is 12.0 Å². The van der Waals surface area contributed by atoms with Crippen LogP contribution in [-0.4, -0.2) is 47.3 Å². The minimum atomic E-state index is -0.781. The number of nitrogens with one attached hydrogen (secondary N) is 5. The van der Waals surface area contributed by atoms with Gasteiger partial charge in [0.05, 0.1) is 7.11 Å². The first kappa shape index (κ1) is 31.9. The Morgan fingerprint density at radius 2 is 1.23 bits per heavy atom. The summed E-state index contributed by atoms with van der Waals surface area (Å²) in [6, 6.07) is 26.5. The van der Waals surface area contributed by atoms with Gasteiger partial charge in [-0.05, 0) is 66.1 Å². The van der Waals surface area contributed by atoms with E-state index >= 15 is 0 Å². The molecule has 10 heteroatoms. The normalized spacial score (nSPS) is 16.7. The Morgan fingerprint density at radius 3 is 1.74 bits per heavy atom. The third kappa shape index (κ3) is 10.3. The molecule has 5 N–H and O–H groups in total. The van der Waals surface area contributed by atoms with Gasteiger partial charge >= 0.3 is 5.97 Å². The molecule has 1 aliphatic rings. The lowest BCUT2D eigenvalue weighted by atomic mass is 9.90. The van der Waals surface area contributed by atoms with Crippen LogP contribution in [0.1, 0.15) is 52.7 Å². The van der Waals surface area contributed by atoms with E-state index in [-0.39, 0.29) is 18.0 Å². The molecule has 3 aromatic carbocycles. The third-order valence-electron chi connectivity index (χ3n) is 7.44. The molecule has 226 valence electrons. The Morgan fingerprint density at radius 1 is 0.744 bits per heavy atom. The Bertz CT molecular complexity index is 1360. The van der Waals surface area contributed by atoms with Crippen molar-refractivity contribution in [2.75, 3.05) is 7.11 Å². The van der Waals surface area contributed by atoms with Gasteiger partial charge in [0.25, 0.3) is 5.91 Å². The Balaban J connectivity index is 1.23. The summed E-state index contributed by atoms with van der Waals surface area (Å²) in [6.45, 7) is 1.19. The van der Waals surface area contributed by atoms with Crippen molar-refractivity contribution in [3.63, 3.8) is 0 Å². The van der Waals surface area contributed by atoms with E-state index in [1.165, 1.54) is 12.7 Å².